The number of hydrogen-bond acceptors (Lipinski definition) is 4. The predicted molar refractivity (Wildman–Crippen MR) is 88.8 cm³/mol. The lowest BCUT2D eigenvalue weighted by Gasteiger charge is -2.11. The van der Waals surface area contributed by atoms with Crippen molar-refractivity contribution >= 4 is 17.3 Å². The van der Waals surface area contributed by atoms with Gasteiger partial charge in [-0.2, -0.15) is 0 Å². The Hall–Kier alpha value is -1.94. The highest BCUT2D eigenvalue weighted by molar-refractivity contribution is 5.99. The fourth-order valence-corrected chi connectivity index (χ4v) is 2.67. The molecule has 118 valence electrons. The average Bonchev–Trinajstić information content (AvgIpc) is 2.84. The molecular formula is C18H24N2O2. The van der Waals surface area contributed by atoms with Gasteiger partial charge < -0.3 is 11.1 Å². The van der Waals surface area contributed by atoms with E-state index >= 15 is 0 Å². The molecule has 0 saturated carbocycles. The number of carbonyl (C=O) groups excluding carboxylic acids is 2. The van der Waals surface area contributed by atoms with Crippen LogP contribution in [0.1, 0.15) is 49.9 Å². The van der Waals surface area contributed by atoms with Gasteiger partial charge in [0, 0.05) is 34.9 Å². The molecule has 1 aliphatic rings. The molecule has 0 spiro atoms. The normalized spacial score (nSPS) is 16.0. The van der Waals surface area contributed by atoms with Gasteiger partial charge in [0.1, 0.15) is 0 Å². The van der Waals surface area contributed by atoms with Crippen molar-refractivity contribution < 1.29 is 9.59 Å². The fourth-order valence-electron chi connectivity index (χ4n) is 2.67. The van der Waals surface area contributed by atoms with E-state index < -0.39 is 0 Å². The maximum absolute atomic E-state index is 12.3. The molecule has 22 heavy (non-hydrogen) atoms. The first-order chi connectivity index (χ1) is 10.5. The van der Waals surface area contributed by atoms with Gasteiger partial charge in [0.2, 0.25) is 0 Å². The van der Waals surface area contributed by atoms with Crippen molar-refractivity contribution in [2.24, 2.45) is 11.7 Å². The lowest BCUT2D eigenvalue weighted by Crippen LogP contribution is -2.13. The Labute approximate surface area is 131 Å². The molecule has 0 aromatic heterocycles. The lowest BCUT2D eigenvalue weighted by atomic mass is 9.95. The number of Topliss-reactive ketones (excluding diaryl/α,β-unsaturated/α-hetero) is 2. The maximum Gasteiger partial charge on any atom is 0.165 e. The summed E-state index contributed by atoms with van der Waals surface area (Å²) in [7, 11) is 0. The Balaban J connectivity index is 2.01. The minimum atomic E-state index is -0.000217. The molecule has 1 atom stereocenters. The molecular weight excluding hydrogens is 276 g/mol. The van der Waals surface area contributed by atoms with Gasteiger partial charge in [0.15, 0.2) is 11.6 Å². The Morgan fingerprint density at radius 3 is 2.50 bits per heavy atom. The van der Waals surface area contributed by atoms with E-state index in [1.165, 1.54) is 0 Å². The molecule has 4 heteroatoms. The van der Waals surface area contributed by atoms with E-state index in [9.17, 15) is 9.59 Å². The van der Waals surface area contributed by atoms with Crippen LogP contribution in [0.3, 0.4) is 0 Å². The maximum atomic E-state index is 12.3. The molecule has 3 N–H and O–H groups in total. The Morgan fingerprint density at radius 1 is 1.27 bits per heavy atom. The summed E-state index contributed by atoms with van der Waals surface area (Å²) in [5, 5.41) is 3.28. The second kappa shape index (κ2) is 7.36. The van der Waals surface area contributed by atoms with Crippen LogP contribution < -0.4 is 11.1 Å². The van der Waals surface area contributed by atoms with Crippen molar-refractivity contribution in [1.29, 1.82) is 0 Å². The molecule has 0 aliphatic heterocycles. The van der Waals surface area contributed by atoms with Crippen LogP contribution in [0, 0.1) is 5.92 Å². The van der Waals surface area contributed by atoms with Crippen LogP contribution in [-0.2, 0) is 4.79 Å². The summed E-state index contributed by atoms with van der Waals surface area (Å²) in [6, 6.07) is 7.48. The monoisotopic (exact) mass is 300 g/mol. The number of benzene rings is 1. The first-order valence-corrected chi connectivity index (χ1v) is 7.87. The number of hydrogen-bond donors (Lipinski definition) is 2. The van der Waals surface area contributed by atoms with Crippen molar-refractivity contribution in [3.8, 4) is 0 Å². The van der Waals surface area contributed by atoms with Crippen molar-refractivity contribution in [3.63, 3.8) is 0 Å². The van der Waals surface area contributed by atoms with Gasteiger partial charge in [-0.15, -0.1) is 0 Å². The zero-order chi connectivity index (χ0) is 16.1. The van der Waals surface area contributed by atoms with Gasteiger partial charge in [-0.05, 0) is 57.0 Å². The molecule has 0 bridgehead atoms. The molecule has 1 unspecified atom stereocenters. The molecule has 2 rings (SSSR count). The topological polar surface area (TPSA) is 72.2 Å². The largest absolute Gasteiger partial charge is 0.359 e. The summed E-state index contributed by atoms with van der Waals surface area (Å²) >= 11 is 0. The quantitative estimate of drug-likeness (QED) is 0.758. The van der Waals surface area contributed by atoms with Crippen LogP contribution in [0.5, 0.6) is 0 Å². The SMILES string of the molecule is CC1=C(Nc2ccc(C(=O)C(C)CCCN)cc2)CCC1=O. The van der Waals surface area contributed by atoms with E-state index in [4.69, 9.17) is 5.73 Å². The number of allylic oxidation sites excluding steroid dienone is 2. The zero-order valence-corrected chi connectivity index (χ0v) is 13.3. The van der Waals surface area contributed by atoms with E-state index in [0.717, 1.165) is 41.8 Å². The van der Waals surface area contributed by atoms with E-state index in [2.05, 4.69) is 5.32 Å². The van der Waals surface area contributed by atoms with Crippen LogP contribution in [0.15, 0.2) is 35.5 Å². The number of nitrogens with two attached hydrogens (primary N) is 1. The zero-order valence-electron chi connectivity index (χ0n) is 13.3. The standard InChI is InChI=1S/C18H24N2O2/c1-12(4-3-11-19)18(22)14-5-7-15(8-6-14)20-16-9-10-17(21)13(16)2/h5-8,12,20H,3-4,9-11,19H2,1-2H3. The third kappa shape index (κ3) is 3.83. The minimum Gasteiger partial charge on any atom is -0.359 e. The van der Waals surface area contributed by atoms with Crippen molar-refractivity contribution in [2.75, 3.05) is 11.9 Å². The lowest BCUT2D eigenvalue weighted by molar-refractivity contribution is -0.114. The highest BCUT2D eigenvalue weighted by atomic mass is 16.1. The molecule has 1 aromatic carbocycles. The van der Waals surface area contributed by atoms with Crippen LogP contribution in [-0.4, -0.2) is 18.1 Å². The summed E-state index contributed by atoms with van der Waals surface area (Å²) in [6.07, 6.45) is 3.04. The molecule has 0 saturated heterocycles. The second-order valence-corrected chi connectivity index (χ2v) is 5.93. The summed E-state index contributed by atoms with van der Waals surface area (Å²) in [4.78, 5) is 23.8. The third-order valence-corrected chi connectivity index (χ3v) is 4.23. The van der Waals surface area contributed by atoms with Crippen LogP contribution in [0.25, 0.3) is 0 Å². The predicted octanol–water partition coefficient (Wildman–Crippen LogP) is 3.29. The van der Waals surface area contributed by atoms with Gasteiger partial charge in [-0.3, -0.25) is 9.59 Å². The molecule has 0 heterocycles. The highest BCUT2D eigenvalue weighted by Crippen LogP contribution is 2.25. The smallest absolute Gasteiger partial charge is 0.165 e. The molecule has 0 radical (unpaired) electrons. The first kappa shape index (κ1) is 16.4. The van der Waals surface area contributed by atoms with Crippen LogP contribution >= 0.6 is 0 Å². The van der Waals surface area contributed by atoms with Gasteiger partial charge in [-0.25, -0.2) is 0 Å². The van der Waals surface area contributed by atoms with E-state index in [1.54, 1.807) is 0 Å². The van der Waals surface area contributed by atoms with Crippen molar-refractivity contribution in [1.82, 2.24) is 0 Å². The number of rotatable bonds is 7. The number of carbonyl (C=O) groups is 2. The summed E-state index contributed by atoms with van der Waals surface area (Å²) in [6.45, 7) is 4.42. The molecule has 0 amide bonds. The average molecular weight is 300 g/mol. The summed E-state index contributed by atoms with van der Waals surface area (Å²) in [5.74, 6) is 0.370. The second-order valence-electron chi connectivity index (χ2n) is 5.93. The van der Waals surface area contributed by atoms with Crippen LogP contribution in [0.4, 0.5) is 5.69 Å². The van der Waals surface area contributed by atoms with Crippen molar-refractivity contribution in [3.05, 3.63) is 41.1 Å². The fraction of sp³-hybridized carbons (Fsp3) is 0.444. The van der Waals surface area contributed by atoms with Crippen molar-refractivity contribution in [2.45, 2.75) is 39.5 Å². The Morgan fingerprint density at radius 2 is 1.95 bits per heavy atom. The minimum absolute atomic E-state index is 0.000217. The third-order valence-electron chi connectivity index (χ3n) is 4.23. The highest BCUT2D eigenvalue weighted by Gasteiger charge is 2.19. The number of nitrogens with one attached hydrogen (secondary N) is 1. The van der Waals surface area contributed by atoms with E-state index in [0.29, 0.717) is 13.0 Å². The molecule has 1 aliphatic carbocycles. The Bertz CT molecular complexity index is 588. The van der Waals surface area contributed by atoms with Gasteiger partial charge >= 0.3 is 0 Å². The summed E-state index contributed by atoms with van der Waals surface area (Å²) < 4.78 is 0. The van der Waals surface area contributed by atoms with Gasteiger partial charge in [0.05, 0.1) is 0 Å². The number of ketones is 2. The molecule has 4 nitrogen and oxygen atoms in total. The van der Waals surface area contributed by atoms with Crippen LogP contribution in [0.2, 0.25) is 0 Å². The Kier molecular flexibility index (Phi) is 5.50. The first-order valence-electron chi connectivity index (χ1n) is 7.87. The summed E-state index contributed by atoms with van der Waals surface area (Å²) in [5.41, 5.74) is 8.93. The number of anilines is 1. The molecule has 0 fully saturated rings. The van der Waals surface area contributed by atoms with Gasteiger partial charge in [-0.1, -0.05) is 6.92 Å². The van der Waals surface area contributed by atoms with Gasteiger partial charge in [0.25, 0.3) is 0 Å². The molecule has 1 aromatic rings. The van der Waals surface area contributed by atoms with E-state index in [1.807, 2.05) is 38.1 Å². The van der Waals surface area contributed by atoms with E-state index in [-0.39, 0.29) is 17.5 Å².